The number of hydrogen-bond donors (Lipinski definition) is 1. The van der Waals surface area contributed by atoms with E-state index in [1.807, 2.05) is 0 Å². The van der Waals surface area contributed by atoms with Gasteiger partial charge in [0.05, 0.1) is 17.3 Å². The molecule has 1 N–H and O–H groups in total. The van der Waals surface area contributed by atoms with Gasteiger partial charge in [-0.05, 0) is 40.9 Å². The van der Waals surface area contributed by atoms with Gasteiger partial charge in [-0.15, -0.1) is 0 Å². The van der Waals surface area contributed by atoms with Crippen LogP contribution in [0.2, 0.25) is 0 Å². The van der Waals surface area contributed by atoms with Crippen molar-refractivity contribution >= 4 is 33.5 Å². The Morgan fingerprint density at radius 2 is 2.00 bits per heavy atom. The summed E-state index contributed by atoms with van der Waals surface area (Å²) in [6.45, 7) is 0. The van der Waals surface area contributed by atoms with E-state index in [1.165, 1.54) is 19.2 Å². The van der Waals surface area contributed by atoms with Gasteiger partial charge < -0.3 is 20.0 Å². The maximum absolute atomic E-state index is 14.0. The van der Waals surface area contributed by atoms with Gasteiger partial charge >= 0.3 is 29.6 Å². The van der Waals surface area contributed by atoms with Crippen LogP contribution in [0, 0.1) is 17.7 Å². The first kappa shape index (κ1) is 18.4. The molecular weight excluding hydrogens is 356 g/mol. The zero-order valence-electron chi connectivity index (χ0n) is 11.6. The molecule has 0 spiro atoms. The summed E-state index contributed by atoms with van der Waals surface area (Å²) in [4.78, 5) is 22.7. The van der Waals surface area contributed by atoms with Crippen molar-refractivity contribution in [3.63, 3.8) is 0 Å². The Morgan fingerprint density at radius 1 is 1.38 bits per heavy atom. The number of methoxy groups -OCH3 is 1. The minimum absolute atomic E-state index is 0. The fourth-order valence-electron chi connectivity index (χ4n) is 2.11. The molecule has 108 valence electrons. The predicted octanol–water partition coefficient (Wildman–Crippen LogP) is -1.68. The van der Waals surface area contributed by atoms with Crippen molar-refractivity contribution in [3.05, 3.63) is 22.4 Å². The van der Waals surface area contributed by atoms with Gasteiger partial charge in [0.2, 0.25) is 5.91 Å². The second-order valence-electron chi connectivity index (χ2n) is 4.54. The maximum Gasteiger partial charge on any atom is 1.00 e. The van der Waals surface area contributed by atoms with E-state index in [4.69, 9.17) is 4.74 Å². The molecule has 5 nitrogen and oxygen atoms in total. The quantitative estimate of drug-likeness (QED) is 0.644. The number of amides is 1. The van der Waals surface area contributed by atoms with E-state index in [1.54, 1.807) is 0 Å². The number of rotatable bonds is 4. The number of hydrogen-bond acceptors (Lipinski definition) is 4. The molecule has 1 saturated carbocycles. The van der Waals surface area contributed by atoms with Crippen molar-refractivity contribution in [3.8, 4) is 5.75 Å². The summed E-state index contributed by atoms with van der Waals surface area (Å²) in [6, 6.07) is 2.86. The third-order valence-electron chi connectivity index (χ3n) is 3.44. The summed E-state index contributed by atoms with van der Waals surface area (Å²) in [7, 11) is 1.40. The molecule has 0 bridgehead atoms. The normalized spacial score (nSPS) is 20.0. The molecule has 1 aliphatic carbocycles. The average molecular weight is 368 g/mol. The Balaban J connectivity index is 0.00000220. The van der Waals surface area contributed by atoms with Gasteiger partial charge in [-0.3, -0.25) is 4.79 Å². The maximum atomic E-state index is 14.0. The van der Waals surface area contributed by atoms with Gasteiger partial charge in [0.25, 0.3) is 0 Å². The molecule has 0 aliphatic heterocycles. The van der Waals surface area contributed by atoms with Crippen LogP contribution in [0.4, 0.5) is 10.1 Å². The molecule has 1 amide bonds. The number of benzene rings is 1. The number of carboxylic acids is 1. The van der Waals surface area contributed by atoms with Gasteiger partial charge in [-0.2, -0.15) is 0 Å². The Kier molecular flexibility index (Phi) is 6.65. The van der Waals surface area contributed by atoms with E-state index >= 15 is 0 Å². The van der Waals surface area contributed by atoms with Crippen molar-refractivity contribution in [2.45, 2.75) is 12.8 Å². The Hall–Kier alpha value is -0.630. The van der Waals surface area contributed by atoms with Crippen molar-refractivity contribution in [2.75, 3.05) is 12.4 Å². The van der Waals surface area contributed by atoms with Crippen molar-refractivity contribution in [1.82, 2.24) is 0 Å². The number of aliphatic carboxylic acids is 1. The fraction of sp³-hybridized carbons (Fsp3) is 0.385. The predicted molar refractivity (Wildman–Crippen MR) is 70.5 cm³/mol. The summed E-state index contributed by atoms with van der Waals surface area (Å²) in [6.07, 6.45) is 0.874. The van der Waals surface area contributed by atoms with Crippen molar-refractivity contribution in [1.29, 1.82) is 0 Å². The van der Waals surface area contributed by atoms with Gasteiger partial charge in [0.15, 0.2) is 5.82 Å². The smallest absolute Gasteiger partial charge is 0.550 e. The third-order valence-corrected chi connectivity index (χ3v) is 4.18. The second kappa shape index (κ2) is 7.58. The molecule has 0 radical (unpaired) electrons. The number of nitrogens with one attached hydrogen (secondary N) is 1. The molecule has 0 saturated heterocycles. The Labute approximate surface area is 151 Å². The summed E-state index contributed by atoms with van der Waals surface area (Å²) < 4.78 is 19.0. The summed E-state index contributed by atoms with van der Waals surface area (Å²) in [5.74, 6) is -3.58. The molecule has 1 fully saturated rings. The van der Waals surface area contributed by atoms with Crippen LogP contribution in [0.3, 0.4) is 0 Å². The standard InChI is InChI=1S/C13H13BrFNO4.Na/c1-20-9-5-4-8(11(15)10(9)14)16-12(17)6-2-3-7(6)13(18)19;/h4-7H,2-3H2,1H3,(H,16,17)(H,18,19);/q;+1/p-1/t6-,7+;/m1./s1. The fourth-order valence-corrected chi connectivity index (χ4v) is 2.61. The molecule has 1 aromatic carbocycles. The van der Waals surface area contributed by atoms with Crippen LogP contribution in [0.1, 0.15) is 12.8 Å². The second-order valence-corrected chi connectivity index (χ2v) is 5.33. The van der Waals surface area contributed by atoms with Gasteiger partial charge in [0.1, 0.15) is 5.75 Å². The Bertz CT molecular complexity index is 569. The van der Waals surface area contributed by atoms with Crippen LogP contribution < -0.4 is 44.7 Å². The number of ether oxygens (including phenoxy) is 1. The zero-order valence-corrected chi connectivity index (χ0v) is 15.2. The van der Waals surface area contributed by atoms with Crippen molar-refractivity contribution < 1.29 is 53.4 Å². The molecule has 1 aromatic rings. The average Bonchev–Trinajstić information content (AvgIpc) is 2.33. The van der Waals surface area contributed by atoms with Crippen LogP contribution >= 0.6 is 15.9 Å². The van der Waals surface area contributed by atoms with Crippen LogP contribution in [0.5, 0.6) is 5.75 Å². The molecule has 0 unspecified atom stereocenters. The zero-order chi connectivity index (χ0) is 14.9. The first-order valence-corrected chi connectivity index (χ1v) is 6.78. The van der Waals surface area contributed by atoms with Gasteiger partial charge in [0, 0.05) is 17.8 Å². The SMILES string of the molecule is COc1ccc(NC(=O)[C@@H]2CC[C@@H]2C(=O)[O-])c(F)c1Br.[Na+]. The van der Waals surface area contributed by atoms with Crippen LogP contribution in [0.15, 0.2) is 16.6 Å². The van der Waals surface area contributed by atoms with Gasteiger partial charge in [-0.25, -0.2) is 4.39 Å². The topological polar surface area (TPSA) is 78.5 Å². The molecule has 21 heavy (non-hydrogen) atoms. The number of carbonyl (C=O) groups is 2. The third kappa shape index (κ3) is 3.77. The summed E-state index contributed by atoms with van der Waals surface area (Å²) in [5.41, 5.74) is -0.0216. The molecule has 2 rings (SSSR count). The number of carbonyl (C=O) groups excluding carboxylic acids is 2. The molecule has 1 aliphatic rings. The Morgan fingerprint density at radius 3 is 2.48 bits per heavy atom. The van der Waals surface area contributed by atoms with E-state index in [2.05, 4.69) is 21.2 Å². The van der Waals surface area contributed by atoms with Crippen LogP contribution in [-0.2, 0) is 9.59 Å². The van der Waals surface area contributed by atoms with Gasteiger partial charge in [-0.1, -0.05) is 0 Å². The minimum Gasteiger partial charge on any atom is -0.550 e. The van der Waals surface area contributed by atoms with E-state index in [9.17, 15) is 19.1 Å². The number of halogens is 2. The molecular formula is C13H12BrFNNaO4. The molecule has 2 atom stereocenters. The van der Waals surface area contributed by atoms with Crippen LogP contribution in [-0.4, -0.2) is 19.0 Å². The number of anilines is 1. The molecule has 8 heteroatoms. The van der Waals surface area contributed by atoms with Crippen molar-refractivity contribution in [2.24, 2.45) is 11.8 Å². The summed E-state index contributed by atoms with van der Waals surface area (Å²) >= 11 is 3.03. The van der Waals surface area contributed by atoms with E-state index in [-0.39, 0.29) is 39.7 Å². The first-order valence-electron chi connectivity index (χ1n) is 5.99. The van der Waals surface area contributed by atoms with Crippen LogP contribution in [0.25, 0.3) is 0 Å². The molecule has 0 aromatic heterocycles. The summed E-state index contributed by atoms with van der Waals surface area (Å²) in [5, 5.41) is 13.2. The largest absolute Gasteiger partial charge is 1.00 e. The van der Waals surface area contributed by atoms with E-state index in [0.29, 0.717) is 18.6 Å². The molecule has 0 heterocycles. The van der Waals surface area contributed by atoms with E-state index in [0.717, 1.165) is 0 Å². The first-order chi connectivity index (χ1) is 9.45. The number of carboxylic acid groups (broad SMARTS) is 1. The minimum atomic E-state index is -1.24. The van der Waals surface area contributed by atoms with E-state index < -0.39 is 29.5 Å². The monoisotopic (exact) mass is 367 g/mol.